The lowest BCUT2D eigenvalue weighted by Crippen LogP contribution is -2.51. The molecule has 9 heteroatoms. The molecule has 0 spiro atoms. The van der Waals surface area contributed by atoms with Gasteiger partial charge in [-0.15, -0.1) is 10.2 Å². The minimum absolute atomic E-state index is 0.192. The Balaban J connectivity index is 1.48. The zero-order chi connectivity index (χ0) is 17.4. The number of rotatable bonds is 2. The van der Waals surface area contributed by atoms with Crippen LogP contribution in [0, 0.1) is 12.8 Å². The summed E-state index contributed by atoms with van der Waals surface area (Å²) in [4.78, 5) is 36.2. The Morgan fingerprint density at radius 3 is 2.76 bits per heavy atom. The molecule has 0 aliphatic carbocycles. The zero-order valence-electron chi connectivity index (χ0n) is 13.7. The highest BCUT2D eigenvalue weighted by Gasteiger charge is 2.31. The normalized spacial score (nSPS) is 20.5. The number of piperazine rings is 1. The molecule has 1 fully saturated rings. The molecule has 9 nitrogen and oxygen atoms in total. The minimum Gasteiger partial charge on any atom is -0.350 e. The summed E-state index contributed by atoms with van der Waals surface area (Å²) in [6, 6.07) is 0. The molecule has 25 heavy (non-hydrogen) atoms. The highest BCUT2D eigenvalue weighted by atomic mass is 16.2. The number of aliphatic imine (C=N–C) groups is 1. The number of aryl methyl sites for hydroxylation is 1. The van der Waals surface area contributed by atoms with Gasteiger partial charge < -0.3 is 9.80 Å². The number of fused-ring (bicyclic) bond motifs is 1. The Labute approximate surface area is 143 Å². The quantitative estimate of drug-likeness (QED) is 0.707. The van der Waals surface area contributed by atoms with Crippen LogP contribution in [0.5, 0.6) is 0 Å². The number of dihydropyridines is 1. The Morgan fingerprint density at radius 2 is 2.00 bits per heavy atom. The van der Waals surface area contributed by atoms with Gasteiger partial charge in [0.1, 0.15) is 11.7 Å². The molecule has 0 radical (unpaired) electrons. The summed E-state index contributed by atoms with van der Waals surface area (Å²) in [5.74, 6) is 0.170. The average molecular weight is 339 g/mol. The van der Waals surface area contributed by atoms with Crippen LogP contribution in [-0.2, 0) is 9.59 Å². The Morgan fingerprint density at radius 1 is 1.20 bits per heavy atom. The van der Waals surface area contributed by atoms with Crippen LogP contribution in [0.2, 0.25) is 0 Å². The lowest BCUT2D eigenvalue weighted by atomic mass is 10.0. The summed E-state index contributed by atoms with van der Waals surface area (Å²) < 4.78 is 1.89. The number of carbonyl (C=O) groups excluding carboxylic acids is 2. The first-order chi connectivity index (χ1) is 12.1. The summed E-state index contributed by atoms with van der Waals surface area (Å²) in [5, 5.41) is 8.28. The van der Waals surface area contributed by atoms with Gasteiger partial charge in [0.2, 0.25) is 11.6 Å². The maximum absolute atomic E-state index is 12.5. The van der Waals surface area contributed by atoms with Gasteiger partial charge in [-0.1, -0.05) is 6.08 Å². The van der Waals surface area contributed by atoms with Gasteiger partial charge in [0.25, 0.3) is 5.91 Å². The molecule has 2 aromatic rings. The van der Waals surface area contributed by atoms with E-state index in [9.17, 15) is 9.59 Å². The van der Waals surface area contributed by atoms with E-state index in [0.29, 0.717) is 31.8 Å². The molecule has 4 heterocycles. The molecule has 1 saturated heterocycles. The van der Waals surface area contributed by atoms with Gasteiger partial charge in [-0.3, -0.25) is 14.0 Å². The summed E-state index contributed by atoms with van der Waals surface area (Å²) in [5.41, 5.74) is 0.708. The molecule has 0 bridgehead atoms. The highest BCUT2D eigenvalue weighted by Crippen LogP contribution is 2.20. The van der Waals surface area contributed by atoms with E-state index in [0.717, 1.165) is 11.6 Å². The van der Waals surface area contributed by atoms with Gasteiger partial charge in [-0.05, 0) is 13.0 Å². The van der Waals surface area contributed by atoms with Gasteiger partial charge >= 0.3 is 0 Å². The van der Waals surface area contributed by atoms with E-state index in [2.05, 4.69) is 25.1 Å². The monoisotopic (exact) mass is 339 g/mol. The van der Waals surface area contributed by atoms with Crippen molar-refractivity contribution in [2.24, 2.45) is 10.9 Å². The largest absolute Gasteiger partial charge is 0.350 e. The van der Waals surface area contributed by atoms with E-state index in [1.54, 1.807) is 23.2 Å². The Hall–Kier alpha value is -3.10. The molecule has 128 valence electrons. The third kappa shape index (κ3) is 2.67. The standard InChI is InChI=1S/C16H17N7O2/c1-11-19-20-14-13(17-5-6-23(11)14)21-7-9-22(10-8-21)16(25)12-3-2-4-18-15(12)24/h2-6,12H,7-10H2,1H3. The van der Waals surface area contributed by atoms with E-state index in [4.69, 9.17) is 0 Å². The lowest BCUT2D eigenvalue weighted by molar-refractivity contribution is -0.139. The minimum atomic E-state index is -0.794. The molecule has 1 atom stereocenters. The van der Waals surface area contributed by atoms with Crippen molar-refractivity contribution in [1.82, 2.24) is 24.5 Å². The number of hydrogen-bond acceptors (Lipinski definition) is 6. The predicted molar refractivity (Wildman–Crippen MR) is 90.4 cm³/mol. The topological polar surface area (TPSA) is 96.1 Å². The first-order valence-corrected chi connectivity index (χ1v) is 8.10. The molecule has 0 N–H and O–H groups in total. The molecular weight excluding hydrogens is 322 g/mol. The molecule has 0 aromatic carbocycles. The van der Waals surface area contributed by atoms with Crippen molar-refractivity contribution in [2.45, 2.75) is 6.92 Å². The second kappa shape index (κ2) is 6.08. The van der Waals surface area contributed by atoms with E-state index < -0.39 is 11.8 Å². The van der Waals surface area contributed by atoms with Crippen molar-refractivity contribution in [3.05, 3.63) is 30.4 Å². The molecule has 0 saturated carbocycles. The Kier molecular flexibility index (Phi) is 3.75. The third-order valence-electron chi connectivity index (χ3n) is 4.49. The molecule has 2 aliphatic rings. The van der Waals surface area contributed by atoms with Crippen molar-refractivity contribution in [3.63, 3.8) is 0 Å². The number of nitrogens with zero attached hydrogens (tertiary/aromatic N) is 7. The maximum atomic E-state index is 12.5. The van der Waals surface area contributed by atoms with Gasteiger partial charge in [0.15, 0.2) is 5.82 Å². The van der Waals surface area contributed by atoms with Gasteiger partial charge in [0, 0.05) is 44.8 Å². The van der Waals surface area contributed by atoms with Crippen molar-refractivity contribution in [2.75, 3.05) is 31.1 Å². The van der Waals surface area contributed by atoms with Crippen molar-refractivity contribution < 1.29 is 9.59 Å². The van der Waals surface area contributed by atoms with E-state index in [1.165, 1.54) is 6.21 Å². The van der Waals surface area contributed by atoms with Crippen LogP contribution in [-0.4, -0.2) is 68.7 Å². The summed E-state index contributed by atoms with van der Waals surface area (Å²) in [6.07, 6.45) is 8.20. The second-order valence-corrected chi connectivity index (χ2v) is 5.98. The van der Waals surface area contributed by atoms with E-state index >= 15 is 0 Å². The van der Waals surface area contributed by atoms with Crippen LogP contribution < -0.4 is 4.90 Å². The summed E-state index contributed by atoms with van der Waals surface area (Å²) >= 11 is 0. The number of anilines is 1. The van der Waals surface area contributed by atoms with E-state index in [1.807, 2.05) is 17.5 Å². The first kappa shape index (κ1) is 15.4. The van der Waals surface area contributed by atoms with Crippen molar-refractivity contribution in [3.8, 4) is 0 Å². The smallest absolute Gasteiger partial charge is 0.262 e. The molecule has 4 rings (SSSR count). The molecule has 2 aromatic heterocycles. The van der Waals surface area contributed by atoms with Crippen LogP contribution in [0.3, 0.4) is 0 Å². The maximum Gasteiger partial charge on any atom is 0.262 e. The Bertz CT molecular complexity index is 893. The summed E-state index contributed by atoms with van der Waals surface area (Å²) in [7, 11) is 0. The number of hydrogen-bond donors (Lipinski definition) is 0. The summed E-state index contributed by atoms with van der Waals surface area (Å²) in [6.45, 7) is 4.18. The first-order valence-electron chi connectivity index (χ1n) is 8.10. The molecular formula is C16H17N7O2. The molecule has 2 aliphatic heterocycles. The van der Waals surface area contributed by atoms with Crippen LogP contribution in [0.15, 0.2) is 29.5 Å². The van der Waals surface area contributed by atoms with Gasteiger partial charge in [-0.2, -0.15) is 0 Å². The highest BCUT2D eigenvalue weighted by molar-refractivity contribution is 6.07. The van der Waals surface area contributed by atoms with Crippen molar-refractivity contribution >= 4 is 29.5 Å². The van der Waals surface area contributed by atoms with Crippen LogP contribution in [0.1, 0.15) is 5.82 Å². The molecule has 1 unspecified atom stereocenters. The second-order valence-electron chi connectivity index (χ2n) is 5.98. The van der Waals surface area contributed by atoms with Crippen LogP contribution in [0.25, 0.3) is 5.65 Å². The fraction of sp³-hybridized carbons (Fsp3) is 0.375. The lowest BCUT2D eigenvalue weighted by Gasteiger charge is -2.36. The number of aromatic nitrogens is 4. The van der Waals surface area contributed by atoms with Gasteiger partial charge in [-0.25, -0.2) is 9.98 Å². The number of carbonyl (C=O) groups is 2. The van der Waals surface area contributed by atoms with Crippen LogP contribution >= 0.6 is 0 Å². The average Bonchev–Trinajstić information content (AvgIpc) is 3.03. The number of amides is 2. The van der Waals surface area contributed by atoms with Crippen LogP contribution in [0.4, 0.5) is 5.82 Å². The predicted octanol–water partition coefficient (Wildman–Crippen LogP) is -0.135. The third-order valence-corrected chi connectivity index (χ3v) is 4.49. The fourth-order valence-corrected chi connectivity index (χ4v) is 3.11. The zero-order valence-corrected chi connectivity index (χ0v) is 13.7. The fourth-order valence-electron chi connectivity index (χ4n) is 3.11. The molecule has 2 amide bonds. The van der Waals surface area contributed by atoms with E-state index in [-0.39, 0.29) is 5.91 Å². The SMILES string of the molecule is Cc1nnc2c(N3CCN(C(=O)C4C=CC=NC4=O)CC3)nccn12. The van der Waals surface area contributed by atoms with Crippen molar-refractivity contribution in [1.29, 1.82) is 0 Å². The van der Waals surface area contributed by atoms with Gasteiger partial charge in [0.05, 0.1) is 0 Å². The number of allylic oxidation sites excluding steroid dienone is 1.